The van der Waals surface area contributed by atoms with Crippen molar-refractivity contribution in [3.8, 4) is 39.1 Å². The monoisotopic (exact) mass is 688 g/mol. The SMILES string of the molecule is Cc1ccccc1N(c1ccc2cc3c(cc2c1)-c1cc2ccc(-n4c5ccccc5c5ccccc54)cc2cc1-3)c1ccc(-c2ccccc2)cc1C. The zero-order chi connectivity index (χ0) is 35.9. The van der Waals surface area contributed by atoms with Crippen LogP contribution in [0.2, 0.25) is 0 Å². The second-order valence-corrected chi connectivity index (χ2v) is 14.7. The number of hydrogen-bond acceptors (Lipinski definition) is 1. The molecule has 1 aromatic heterocycles. The number of fused-ring (bicyclic) bond motifs is 9. The summed E-state index contributed by atoms with van der Waals surface area (Å²) in [6, 6.07) is 67.0. The highest BCUT2D eigenvalue weighted by Crippen LogP contribution is 2.51. The van der Waals surface area contributed by atoms with Gasteiger partial charge in [-0.3, -0.25) is 0 Å². The van der Waals surface area contributed by atoms with E-state index >= 15 is 0 Å². The predicted molar refractivity (Wildman–Crippen MR) is 230 cm³/mol. The van der Waals surface area contributed by atoms with Gasteiger partial charge in [0.15, 0.2) is 0 Å². The number of aryl methyl sites for hydroxylation is 2. The van der Waals surface area contributed by atoms with Gasteiger partial charge in [-0.2, -0.15) is 0 Å². The summed E-state index contributed by atoms with van der Waals surface area (Å²) in [6.07, 6.45) is 0. The number of benzene rings is 9. The van der Waals surface area contributed by atoms with Crippen LogP contribution in [-0.2, 0) is 0 Å². The molecule has 2 heteroatoms. The molecule has 11 rings (SSSR count). The normalized spacial score (nSPS) is 11.9. The van der Waals surface area contributed by atoms with Crippen LogP contribution >= 0.6 is 0 Å². The van der Waals surface area contributed by atoms with Crippen LogP contribution < -0.4 is 4.90 Å². The Morgan fingerprint density at radius 2 is 0.926 bits per heavy atom. The van der Waals surface area contributed by atoms with Crippen LogP contribution in [0.3, 0.4) is 0 Å². The fraction of sp³-hybridized carbons (Fsp3) is 0.0385. The molecule has 54 heavy (non-hydrogen) atoms. The maximum Gasteiger partial charge on any atom is 0.0541 e. The number of anilines is 3. The van der Waals surface area contributed by atoms with Crippen molar-refractivity contribution < 1.29 is 0 Å². The van der Waals surface area contributed by atoms with E-state index in [0.29, 0.717) is 0 Å². The fourth-order valence-corrected chi connectivity index (χ4v) is 8.82. The van der Waals surface area contributed by atoms with Crippen LogP contribution in [0.1, 0.15) is 11.1 Å². The fourth-order valence-electron chi connectivity index (χ4n) is 8.82. The average molecular weight is 689 g/mol. The molecule has 0 N–H and O–H groups in total. The largest absolute Gasteiger partial charge is 0.310 e. The molecule has 1 aliphatic carbocycles. The Hall–Kier alpha value is -6.90. The second kappa shape index (κ2) is 11.8. The zero-order valence-corrected chi connectivity index (χ0v) is 30.2. The van der Waals surface area contributed by atoms with Crippen molar-refractivity contribution in [2.24, 2.45) is 0 Å². The summed E-state index contributed by atoms with van der Waals surface area (Å²) in [5.41, 5.74) is 17.4. The summed E-state index contributed by atoms with van der Waals surface area (Å²) < 4.78 is 2.40. The van der Waals surface area contributed by atoms with Gasteiger partial charge in [0.05, 0.1) is 11.0 Å². The van der Waals surface area contributed by atoms with Gasteiger partial charge in [-0.25, -0.2) is 0 Å². The Morgan fingerprint density at radius 3 is 1.59 bits per heavy atom. The van der Waals surface area contributed by atoms with Gasteiger partial charge in [-0.1, -0.05) is 103 Å². The Morgan fingerprint density at radius 1 is 0.370 bits per heavy atom. The first kappa shape index (κ1) is 30.7. The van der Waals surface area contributed by atoms with Crippen LogP contribution in [0.4, 0.5) is 17.1 Å². The third kappa shape index (κ3) is 4.67. The van der Waals surface area contributed by atoms with E-state index in [0.717, 1.165) is 5.69 Å². The summed E-state index contributed by atoms with van der Waals surface area (Å²) in [4.78, 5) is 2.43. The van der Waals surface area contributed by atoms with Crippen molar-refractivity contribution in [3.63, 3.8) is 0 Å². The molecule has 0 unspecified atom stereocenters. The maximum absolute atomic E-state index is 2.43. The Balaban J connectivity index is 0.998. The first-order valence-electron chi connectivity index (χ1n) is 18.8. The standard InChI is InChI=1S/C52H36N2/c1-33-12-6-9-17-49(33)53(50-25-22-36(26-34(50)2)35-13-4-3-5-14-35)41-23-20-37-29-45-47(31-39(37)27-41)46-30-38-21-24-42(28-40(38)32-48(45)46)54-51-18-10-7-15-43(51)44-16-8-11-19-52(44)54/h3-32H,1-2H3. The van der Waals surface area contributed by atoms with Crippen molar-refractivity contribution in [2.75, 3.05) is 4.90 Å². The predicted octanol–water partition coefficient (Wildman–Crippen LogP) is 14.5. The third-order valence-corrected chi connectivity index (χ3v) is 11.5. The van der Waals surface area contributed by atoms with Crippen LogP contribution in [0.25, 0.3) is 82.4 Å². The Bertz CT molecular complexity index is 3080. The molecule has 0 atom stereocenters. The second-order valence-electron chi connectivity index (χ2n) is 14.7. The van der Waals surface area contributed by atoms with Gasteiger partial charge in [0.1, 0.15) is 0 Å². The first-order valence-corrected chi connectivity index (χ1v) is 18.8. The molecular formula is C52H36N2. The minimum Gasteiger partial charge on any atom is -0.310 e. The molecule has 254 valence electrons. The molecule has 0 amide bonds. The molecular weight excluding hydrogens is 653 g/mol. The third-order valence-electron chi connectivity index (χ3n) is 11.5. The smallest absolute Gasteiger partial charge is 0.0541 e. The Kier molecular flexibility index (Phi) is 6.72. The van der Waals surface area contributed by atoms with E-state index < -0.39 is 0 Å². The summed E-state index contributed by atoms with van der Waals surface area (Å²) in [5.74, 6) is 0. The lowest BCUT2D eigenvalue weighted by atomic mass is 9.78. The number of aromatic nitrogens is 1. The lowest BCUT2D eigenvalue weighted by Gasteiger charge is -2.30. The first-order chi connectivity index (χ1) is 26.6. The van der Waals surface area contributed by atoms with Gasteiger partial charge < -0.3 is 9.47 Å². The molecule has 1 heterocycles. The van der Waals surface area contributed by atoms with E-state index in [1.165, 1.54) is 105 Å². The van der Waals surface area contributed by atoms with Crippen LogP contribution in [-0.4, -0.2) is 4.57 Å². The molecule has 0 fully saturated rings. The molecule has 0 radical (unpaired) electrons. The molecule has 0 aliphatic heterocycles. The summed E-state index contributed by atoms with van der Waals surface area (Å²) in [5, 5.41) is 7.59. The summed E-state index contributed by atoms with van der Waals surface area (Å²) in [6.45, 7) is 4.43. The molecule has 9 aromatic carbocycles. The van der Waals surface area contributed by atoms with Crippen molar-refractivity contribution >= 4 is 60.4 Å². The van der Waals surface area contributed by atoms with Crippen molar-refractivity contribution in [3.05, 3.63) is 193 Å². The van der Waals surface area contributed by atoms with Gasteiger partial charge in [-0.05, 0) is 159 Å². The number of hydrogen-bond donors (Lipinski definition) is 0. The van der Waals surface area contributed by atoms with Crippen molar-refractivity contribution in [1.82, 2.24) is 4.57 Å². The average Bonchev–Trinajstić information content (AvgIpc) is 3.55. The molecule has 2 nitrogen and oxygen atoms in total. The topological polar surface area (TPSA) is 8.17 Å². The molecule has 1 aliphatic rings. The van der Waals surface area contributed by atoms with Crippen molar-refractivity contribution in [2.45, 2.75) is 13.8 Å². The zero-order valence-electron chi connectivity index (χ0n) is 30.2. The van der Waals surface area contributed by atoms with Crippen LogP contribution in [0, 0.1) is 13.8 Å². The molecule has 0 saturated heterocycles. The maximum atomic E-state index is 2.43. The highest BCUT2D eigenvalue weighted by molar-refractivity contribution is 6.13. The van der Waals surface area contributed by atoms with E-state index in [4.69, 9.17) is 0 Å². The van der Waals surface area contributed by atoms with E-state index in [2.05, 4.69) is 205 Å². The van der Waals surface area contributed by atoms with Crippen LogP contribution in [0.5, 0.6) is 0 Å². The highest BCUT2D eigenvalue weighted by Gasteiger charge is 2.25. The van der Waals surface area contributed by atoms with Gasteiger partial charge in [-0.15, -0.1) is 0 Å². The van der Waals surface area contributed by atoms with E-state index in [1.54, 1.807) is 0 Å². The molecule has 10 aromatic rings. The molecule has 0 spiro atoms. The Labute approximate surface area is 314 Å². The van der Waals surface area contributed by atoms with Crippen LogP contribution in [0.15, 0.2) is 182 Å². The van der Waals surface area contributed by atoms with Gasteiger partial charge in [0.25, 0.3) is 0 Å². The lowest BCUT2D eigenvalue weighted by molar-refractivity contribution is 1.19. The lowest BCUT2D eigenvalue weighted by Crippen LogP contribution is -2.12. The highest BCUT2D eigenvalue weighted by atomic mass is 15.1. The number of rotatable bonds is 5. The number of para-hydroxylation sites is 3. The van der Waals surface area contributed by atoms with E-state index in [1.807, 2.05) is 0 Å². The van der Waals surface area contributed by atoms with Gasteiger partial charge >= 0.3 is 0 Å². The molecule has 0 saturated carbocycles. The number of nitrogens with zero attached hydrogens (tertiary/aromatic N) is 2. The summed E-state index contributed by atoms with van der Waals surface area (Å²) >= 11 is 0. The minimum absolute atomic E-state index is 1.16. The van der Waals surface area contributed by atoms with Crippen molar-refractivity contribution in [1.29, 1.82) is 0 Å². The van der Waals surface area contributed by atoms with E-state index in [-0.39, 0.29) is 0 Å². The van der Waals surface area contributed by atoms with Gasteiger partial charge in [0.2, 0.25) is 0 Å². The van der Waals surface area contributed by atoms with Gasteiger partial charge in [0, 0.05) is 33.5 Å². The van der Waals surface area contributed by atoms with E-state index in [9.17, 15) is 0 Å². The summed E-state index contributed by atoms with van der Waals surface area (Å²) in [7, 11) is 0. The molecule has 0 bridgehead atoms. The minimum atomic E-state index is 1.16. The quantitative estimate of drug-likeness (QED) is 0.175.